The summed E-state index contributed by atoms with van der Waals surface area (Å²) in [5.41, 5.74) is 1.95. The zero-order valence-corrected chi connectivity index (χ0v) is 13.2. The molecule has 6 nitrogen and oxygen atoms in total. The molecule has 1 aromatic carbocycles. The first kappa shape index (κ1) is 15.2. The van der Waals surface area contributed by atoms with Gasteiger partial charge >= 0.3 is 0 Å². The van der Waals surface area contributed by atoms with E-state index in [4.69, 9.17) is 4.52 Å². The first-order valence-corrected chi connectivity index (χ1v) is 8.62. The van der Waals surface area contributed by atoms with Gasteiger partial charge in [0.15, 0.2) is 0 Å². The third kappa shape index (κ3) is 3.75. The molecule has 23 heavy (non-hydrogen) atoms. The Kier molecular flexibility index (Phi) is 4.12. The van der Waals surface area contributed by atoms with Crippen LogP contribution in [0.5, 0.6) is 0 Å². The van der Waals surface area contributed by atoms with Crippen molar-refractivity contribution in [2.75, 3.05) is 4.72 Å². The molecule has 0 bridgehead atoms. The van der Waals surface area contributed by atoms with Crippen LogP contribution in [0.2, 0.25) is 0 Å². The first-order chi connectivity index (χ1) is 11.0. The van der Waals surface area contributed by atoms with Crippen molar-refractivity contribution < 1.29 is 12.9 Å². The normalized spacial score (nSPS) is 11.3. The van der Waals surface area contributed by atoms with Crippen molar-refractivity contribution in [2.24, 2.45) is 0 Å². The fourth-order valence-electron chi connectivity index (χ4n) is 2.20. The summed E-state index contributed by atoms with van der Waals surface area (Å²) in [6, 6.07) is 14.6. The van der Waals surface area contributed by atoms with E-state index in [0.717, 1.165) is 5.56 Å². The molecule has 0 amide bonds. The minimum Gasteiger partial charge on any atom is -0.361 e. The van der Waals surface area contributed by atoms with E-state index in [2.05, 4.69) is 14.9 Å². The van der Waals surface area contributed by atoms with Crippen LogP contribution >= 0.6 is 0 Å². The molecule has 0 radical (unpaired) electrons. The Labute approximate surface area is 134 Å². The third-order valence-corrected chi connectivity index (χ3v) is 4.34. The predicted molar refractivity (Wildman–Crippen MR) is 87.2 cm³/mol. The van der Waals surface area contributed by atoms with Crippen LogP contribution in [-0.4, -0.2) is 18.6 Å². The molecule has 3 rings (SSSR count). The van der Waals surface area contributed by atoms with Gasteiger partial charge in [-0.15, -0.1) is 0 Å². The molecule has 118 valence electrons. The fraction of sp³-hybridized carbons (Fsp3) is 0.125. The van der Waals surface area contributed by atoms with E-state index in [1.165, 1.54) is 0 Å². The SMILES string of the molecule is Cc1cc(CS(=O)(=O)Nc2ncccc2-c2ccccc2)no1. The lowest BCUT2D eigenvalue weighted by molar-refractivity contribution is 0.392. The Bertz CT molecular complexity index is 905. The Morgan fingerprint density at radius 3 is 2.61 bits per heavy atom. The van der Waals surface area contributed by atoms with E-state index in [-0.39, 0.29) is 5.75 Å². The zero-order valence-electron chi connectivity index (χ0n) is 12.4. The highest BCUT2D eigenvalue weighted by molar-refractivity contribution is 7.91. The maximum atomic E-state index is 12.3. The van der Waals surface area contributed by atoms with Gasteiger partial charge in [0.25, 0.3) is 0 Å². The number of pyridine rings is 1. The summed E-state index contributed by atoms with van der Waals surface area (Å²) in [7, 11) is -3.64. The van der Waals surface area contributed by atoms with Crippen molar-refractivity contribution in [3.05, 3.63) is 66.2 Å². The van der Waals surface area contributed by atoms with Crippen LogP contribution in [0.15, 0.2) is 59.3 Å². The van der Waals surface area contributed by atoms with Crippen LogP contribution in [0.4, 0.5) is 5.82 Å². The highest BCUT2D eigenvalue weighted by atomic mass is 32.2. The number of anilines is 1. The minimum atomic E-state index is -3.64. The summed E-state index contributed by atoms with van der Waals surface area (Å²) in [5.74, 6) is 0.590. The average molecular weight is 329 g/mol. The van der Waals surface area contributed by atoms with Crippen LogP contribution in [0, 0.1) is 6.92 Å². The monoisotopic (exact) mass is 329 g/mol. The lowest BCUT2D eigenvalue weighted by Gasteiger charge is -2.10. The Balaban J connectivity index is 1.88. The van der Waals surface area contributed by atoms with Crippen molar-refractivity contribution in [2.45, 2.75) is 12.7 Å². The van der Waals surface area contributed by atoms with Gasteiger partial charge in [0.1, 0.15) is 23.0 Å². The third-order valence-electron chi connectivity index (χ3n) is 3.16. The quantitative estimate of drug-likeness (QED) is 0.778. The fourth-order valence-corrected chi connectivity index (χ4v) is 3.26. The number of nitrogens with one attached hydrogen (secondary N) is 1. The molecular formula is C16H15N3O3S. The number of aryl methyl sites for hydroxylation is 1. The lowest BCUT2D eigenvalue weighted by atomic mass is 10.1. The van der Waals surface area contributed by atoms with E-state index < -0.39 is 10.0 Å². The van der Waals surface area contributed by atoms with Gasteiger partial charge in [-0.2, -0.15) is 0 Å². The van der Waals surface area contributed by atoms with Crippen LogP contribution in [0.1, 0.15) is 11.5 Å². The zero-order chi connectivity index (χ0) is 16.3. The average Bonchev–Trinajstić information content (AvgIpc) is 2.92. The van der Waals surface area contributed by atoms with Crippen molar-refractivity contribution in [1.82, 2.24) is 10.1 Å². The Morgan fingerprint density at radius 2 is 1.91 bits per heavy atom. The molecule has 0 aliphatic heterocycles. The van der Waals surface area contributed by atoms with Crippen molar-refractivity contribution in [3.63, 3.8) is 0 Å². The highest BCUT2D eigenvalue weighted by Gasteiger charge is 2.17. The van der Waals surface area contributed by atoms with Gasteiger partial charge in [0, 0.05) is 17.8 Å². The van der Waals surface area contributed by atoms with E-state index in [1.807, 2.05) is 36.4 Å². The first-order valence-electron chi connectivity index (χ1n) is 6.97. The van der Waals surface area contributed by atoms with Crippen molar-refractivity contribution >= 4 is 15.8 Å². The van der Waals surface area contributed by atoms with Crippen molar-refractivity contribution in [3.8, 4) is 11.1 Å². The van der Waals surface area contributed by atoms with E-state index in [9.17, 15) is 8.42 Å². The van der Waals surface area contributed by atoms with Gasteiger partial charge in [0.2, 0.25) is 10.0 Å². The van der Waals surface area contributed by atoms with Gasteiger partial charge in [-0.1, -0.05) is 35.5 Å². The van der Waals surface area contributed by atoms with E-state index in [0.29, 0.717) is 22.8 Å². The number of hydrogen-bond acceptors (Lipinski definition) is 5. The van der Waals surface area contributed by atoms with Crippen molar-refractivity contribution in [1.29, 1.82) is 0 Å². The van der Waals surface area contributed by atoms with Crippen LogP contribution in [0.3, 0.4) is 0 Å². The summed E-state index contributed by atoms with van der Waals surface area (Å²) >= 11 is 0. The predicted octanol–water partition coefficient (Wildman–Crippen LogP) is 2.99. The topological polar surface area (TPSA) is 85.1 Å². The molecule has 2 heterocycles. The van der Waals surface area contributed by atoms with Gasteiger partial charge in [0.05, 0.1) is 0 Å². The molecule has 0 aliphatic carbocycles. The molecule has 0 aliphatic rings. The largest absolute Gasteiger partial charge is 0.361 e. The van der Waals surface area contributed by atoms with Gasteiger partial charge in [-0.3, -0.25) is 4.72 Å². The molecule has 0 saturated heterocycles. The Hall–Kier alpha value is -2.67. The van der Waals surface area contributed by atoms with Crippen LogP contribution in [0.25, 0.3) is 11.1 Å². The second-order valence-electron chi connectivity index (χ2n) is 5.06. The molecule has 1 N–H and O–H groups in total. The number of hydrogen-bond donors (Lipinski definition) is 1. The van der Waals surface area contributed by atoms with Gasteiger partial charge in [-0.05, 0) is 24.6 Å². The van der Waals surface area contributed by atoms with Crippen LogP contribution in [-0.2, 0) is 15.8 Å². The van der Waals surface area contributed by atoms with Crippen LogP contribution < -0.4 is 4.72 Å². The molecule has 3 aromatic rings. The molecule has 0 fully saturated rings. The van der Waals surface area contributed by atoms with E-state index in [1.54, 1.807) is 25.3 Å². The maximum absolute atomic E-state index is 12.3. The van der Waals surface area contributed by atoms with Gasteiger partial charge < -0.3 is 4.52 Å². The number of nitrogens with zero attached hydrogens (tertiary/aromatic N) is 2. The summed E-state index contributed by atoms with van der Waals surface area (Å²) in [4.78, 5) is 4.15. The molecule has 7 heteroatoms. The number of sulfonamides is 1. The summed E-state index contributed by atoms with van der Waals surface area (Å²) in [6.45, 7) is 1.71. The maximum Gasteiger partial charge on any atom is 0.239 e. The molecule has 0 spiro atoms. The highest BCUT2D eigenvalue weighted by Crippen LogP contribution is 2.26. The minimum absolute atomic E-state index is 0.269. The molecule has 0 unspecified atom stereocenters. The smallest absolute Gasteiger partial charge is 0.239 e. The number of aromatic nitrogens is 2. The lowest BCUT2D eigenvalue weighted by Crippen LogP contribution is -2.16. The Morgan fingerprint density at radius 1 is 1.13 bits per heavy atom. The van der Waals surface area contributed by atoms with E-state index >= 15 is 0 Å². The number of rotatable bonds is 5. The second kappa shape index (κ2) is 6.21. The summed E-state index contributed by atoms with van der Waals surface area (Å²) in [5, 5.41) is 3.71. The molecule has 2 aromatic heterocycles. The molecule has 0 saturated carbocycles. The number of benzene rings is 1. The standard InChI is InChI=1S/C16H15N3O3S/c1-12-10-14(18-22-12)11-23(20,21)19-16-15(8-5-9-17-16)13-6-3-2-4-7-13/h2-10H,11H2,1H3,(H,17,19). The second-order valence-corrected chi connectivity index (χ2v) is 6.78. The summed E-state index contributed by atoms with van der Waals surface area (Å²) in [6.07, 6.45) is 1.55. The molecule has 0 atom stereocenters. The van der Waals surface area contributed by atoms with Gasteiger partial charge in [-0.25, -0.2) is 13.4 Å². The molecular weight excluding hydrogens is 314 g/mol. The summed E-state index contributed by atoms with van der Waals surface area (Å²) < 4.78 is 32.1.